The van der Waals surface area contributed by atoms with Gasteiger partial charge in [0.25, 0.3) is 0 Å². The second-order valence-electron chi connectivity index (χ2n) is 6.85. The van der Waals surface area contributed by atoms with Gasteiger partial charge in [0.1, 0.15) is 10.8 Å². The maximum absolute atomic E-state index is 12.9. The average Bonchev–Trinajstić information content (AvgIpc) is 3.21. The molecule has 2 bridgehead atoms. The number of nitrogens with zero attached hydrogens (tertiary/aromatic N) is 1. The predicted molar refractivity (Wildman–Crippen MR) is 97.1 cm³/mol. The van der Waals surface area contributed by atoms with E-state index in [1.165, 1.54) is 0 Å². The van der Waals surface area contributed by atoms with Crippen molar-refractivity contribution in [2.45, 2.75) is 39.5 Å². The highest BCUT2D eigenvalue weighted by Gasteiger charge is 2.41. The monoisotopic (exact) mass is 339 g/mol. The number of carbonyl (C=O) groups excluding carboxylic acids is 1. The average molecular weight is 339 g/mol. The van der Waals surface area contributed by atoms with Gasteiger partial charge in [-0.3, -0.25) is 4.79 Å². The predicted octanol–water partition coefficient (Wildman–Crippen LogP) is 4.95. The summed E-state index contributed by atoms with van der Waals surface area (Å²) in [7, 11) is 0. The van der Waals surface area contributed by atoms with Gasteiger partial charge < -0.3 is 5.11 Å². The fraction of sp³-hybridized carbons (Fsp3) is 0.400. The van der Waals surface area contributed by atoms with Crippen molar-refractivity contribution < 1.29 is 9.90 Å². The molecule has 24 heavy (non-hydrogen) atoms. The lowest BCUT2D eigenvalue weighted by atomic mass is 9.81. The third-order valence-corrected chi connectivity index (χ3v) is 6.33. The van der Waals surface area contributed by atoms with Gasteiger partial charge in [0.2, 0.25) is 0 Å². The maximum atomic E-state index is 12.9. The number of hydrogen-bond donors (Lipinski definition) is 1. The molecule has 0 amide bonds. The lowest BCUT2D eigenvalue weighted by molar-refractivity contribution is -0.117. The summed E-state index contributed by atoms with van der Waals surface area (Å²) >= 11 is 1.61. The van der Waals surface area contributed by atoms with Crippen LogP contribution in [0.25, 0.3) is 16.1 Å². The molecule has 0 spiro atoms. The number of benzene rings is 1. The SMILES string of the molecule is CCc1ccc(-c2nc(C)cs2)cc1C1=C(O)[C@@H]2CCC(C2)C1=O. The lowest BCUT2D eigenvalue weighted by Crippen LogP contribution is -2.22. The van der Waals surface area contributed by atoms with Crippen molar-refractivity contribution in [1.29, 1.82) is 0 Å². The first-order chi connectivity index (χ1) is 11.6. The number of allylic oxidation sites excluding steroid dienone is 2. The first-order valence-corrected chi connectivity index (χ1v) is 9.49. The number of aliphatic hydroxyl groups excluding tert-OH is 1. The third kappa shape index (κ3) is 2.40. The zero-order valence-electron chi connectivity index (χ0n) is 14.0. The summed E-state index contributed by atoms with van der Waals surface area (Å²) in [5.74, 6) is 0.703. The van der Waals surface area contributed by atoms with E-state index in [1.54, 1.807) is 11.3 Å². The standard InChI is InChI=1S/C20H21NO2S/c1-3-12-4-7-15(20-21-11(2)10-24-20)9-16(12)17-18(22)13-5-6-14(8-13)19(17)23/h4,7,9-10,13-14,22H,3,5-6,8H2,1-2H3/t13-,14?/m1/s1. The zero-order chi connectivity index (χ0) is 16.8. The van der Waals surface area contributed by atoms with E-state index in [0.717, 1.165) is 53.1 Å². The Hall–Kier alpha value is -1.94. The number of thiazole rings is 1. The van der Waals surface area contributed by atoms with Crippen LogP contribution < -0.4 is 0 Å². The van der Waals surface area contributed by atoms with Gasteiger partial charge in [-0.15, -0.1) is 11.3 Å². The highest BCUT2D eigenvalue weighted by atomic mass is 32.1. The minimum Gasteiger partial charge on any atom is -0.511 e. The first-order valence-electron chi connectivity index (χ1n) is 8.61. The summed E-state index contributed by atoms with van der Waals surface area (Å²) in [4.78, 5) is 17.4. The smallest absolute Gasteiger partial charge is 0.169 e. The molecule has 0 radical (unpaired) electrons. The number of ketones is 1. The summed E-state index contributed by atoms with van der Waals surface area (Å²) in [6.45, 7) is 4.07. The maximum Gasteiger partial charge on any atom is 0.169 e. The van der Waals surface area contributed by atoms with Crippen LogP contribution in [0.3, 0.4) is 0 Å². The van der Waals surface area contributed by atoms with Crippen molar-refractivity contribution in [3.63, 3.8) is 0 Å². The van der Waals surface area contributed by atoms with Crippen LogP contribution in [0.5, 0.6) is 0 Å². The topological polar surface area (TPSA) is 50.2 Å². The van der Waals surface area contributed by atoms with E-state index in [1.807, 2.05) is 18.4 Å². The highest BCUT2D eigenvalue weighted by Crippen LogP contribution is 2.46. The van der Waals surface area contributed by atoms with Crippen LogP contribution >= 0.6 is 11.3 Å². The minimum atomic E-state index is 0.0939. The van der Waals surface area contributed by atoms with Gasteiger partial charge in [-0.25, -0.2) is 4.98 Å². The van der Waals surface area contributed by atoms with Gasteiger partial charge in [-0.2, -0.15) is 0 Å². The molecule has 1 fully saturated rings. The fourth-order valence-corrected chi connectivity index (χ4v) is 4.80. The van der Waals surface area contributed by atoms with E-state index in [-0.39, 0.29) is 17.6 Å². The Morgan fingerprint density at radius 1 is 1.29 bits per heavy atom. The Morgan fingerprint density at radius 2 is 2.08 bits per heavy atom. The Labute approximate surface area is 146 Å². The largest absolute Gasteiger partial charge is 0.511 e. The third-order valence-electron chi connectivity index (χ3n) is 5.32. The molecule has 4 heteroatoms. The van der Waals surface area contributed by atoms with Crippen LogP contribution in [0.1, 0.15) is 43.0 Å². The number of carbonyl (C=O) groups is 1. The molecule has 4 rings (SSSR count). The zero-order valence-corrected chi connectivity index (χ0v) is 14.8. The van der Waals surface area contributed by atoms with Crippen LogP contribution in [-0.4, -0.2) is 15.9 Å². The van der Waals surface area contributed by atoms with Gasteiger partial charge in [-0.1, -0.05) is 19.1 Å². The summed E-state index contributed by atoms with van der Waals surface area (Å²) < 4.78 is 0. The van der Waals surface area contributed by atoms with Gasteiger partial charge in [0.05, 0.1) is 5.57 Å². The molecule has 3 nitrogen and oxygen atoms in total. The molecule has 2 aliphatic carbocycles. The molecule has 2 aliphatic rings. The van der Waals surface area contributed by atoms with E-state index in [0.29, 0.717) is 11.3 Å². The number of fused-ring (bicyclic) bond motifs is 2. The van der Waals surface area contributed by atoms with Crippen molar-refractivity contribution in [3.8, 4) is 10.6 Å². The lowest BCUT2D eigenvalue weighted by Gasteiger charge is -2.23. The first kappa shape index (κ1) is 15.6. The van der Waals surface area contributed by atoms with Crippen LogP contribution in [0.15, 0.2) is 29.3 Å². The summed E-state index contributed by atoms with van der Waals surface area (Å²) in [5.41, 5.74) is 4.61. The molecule has 2 atom stereocenters. The van der Waals surface area contributed by atoms with Crippen molar-refractivity contribution in [3.05, 3.63) is 46.2 Å². The molecule has 1 unspecified atom stereocenters. The van der Waals surface area contributed by atoms with E-state index in [2.05, 4.69) is 24.0 Å². The number of aryl methyl sites for hydroxylation is 2. The Morgan fingerprint density at radius 3 is 2.79 bits per heavy atom. The molecule has 1 aromatic heterocycles. The van der Waals surface area contributed by atoms with E-state index >= 15 is 0 Å². The van der Waals surface area contributed by atoms with Crippen molar-refractivity contribution in [1.82, 2.24) is 4.98 Å². The summed E-state index contributed by atoms with van der Waals surface area (Å²) in [6, 6.07) is 6.19. The molecule has 2 aromatic rings. The van der Waals surface area contributed by atoms with Crippen molar-refractivity contribution >= 4 is 22.7 Å². The highest BCUT2D eigenvalue weighted by molar-refractivity contribution is 7.13. The van der Waals surface area contributed by atoms with Crippen LogP contribution in [0, 0.1) is 18.8 Å². The molecule has 0 aliphatic heterocycles. The van der Waals surface area contributed by atoms with Gasteiger partial charge in [-0.05, 0) is 49.8 Å². The molecular formula is C20H21NO2S. The number of Topliss-reactive ketones (excluding diaryl/α,β-unsaturated/α-hetero) is 1. The normalized spacial score (nSPS) is 23.2. The van der Waals surface area contributed by atoms with Crippen LogP contribution in [0.4, 0.5) is 0 Å². The number of aromatic nitrogens is 1. The Kier molecular flexibility index (Phi) is 3.80. The van der Waals surface area contributed by atoms with E-state index < -0.39 is 0 Å². The van der Waals surface area contributed by atoms with Gasteiger partial charge in [0, 0.05) is 28.5 Å². The molecule has 1 heterocycles. The minimum absolute atomic E-state index is 0.0939. The summed E-state index contributed by atoms with van der Waals surface area (Å²) in [6.07, 6.45) is 3.50. The van der Waals surface area contributed by atoms with Crippen LogP contribution in [0.2, 0.25) is 0 Å². The molecule has 0 saturated heterocycles. The van der Waals surface area contributed by atoms with Gasteiger partial charge in [0.15, 0.2) is 5.78 Å². The molecule has 1 saturated carbocycles. The van der Waals surface area contributed by atoms with E-state index in [4.69, 9.17) is 0 Å². The van der Waals surface area contributed by atoms with Crippen molar-refractivity contribution in [2.24, 2.45) is 11.8 Å². The second-order valence-corrected chi connectivity index (χ2v) is 7.71. The molecule has 1 aromatic carbocycles. The van der Waals surface area contributed by atoms with E-state index in [9.17, 15) is 9.90 Å². The molecule has 1 N–H and O–H groups in total. The number of aliphatic hydroxyl groups is 1. The Bertz CT molecular complexity index is 849. The second kappa shape index (κ2) is 5.85. The van der Waals surface area contributed by atoms with Crippen LogP contribution in [-0.2, 0) is 11.2 Å². The quantitative estimate of drug-likeness (QED) is 0.861. The van der Waals surface area contributed by atoms with Gasteiger partial charge >= 0.3 is 0 Å². The Balaban J connectivity index is 1.87. The number of rotatable bonds is 3. The molecular weight excluding hydrogens is 318 g/mol. The fourth-order valence-electron chi connectivity index (χ4n) is 4.01. The summed E-state index contributed by atoms with van der Waals surface area (Å²) in [5, 5.41) is 13.7. The molecule has 124 valence electrons. The number of hydrogen-bond acceptors (Lipinski definition) is 4. The van der Waals surface area contributed by atoms with Crippen molar-refractivity contribution in [2.75, 3.05) is 0 Å².